The van der Waals surface area contributed by atoms with Gasteiger partial charge < -0.3 is 5.41 Å². The van der Waals surface area contributed by atoms with E-state index in [0.29, 0.717) is 5.56 Å². The molecular formula is C15H7N4-. The Hall–Kier alpha value is -3.34. The molecule has 19 heavy (non-hydrogen) atoms. The second-order valence-electron chi connectivity index (χ2n) is 3.56. The predicted octanol–water partition coefficient (Wildman–Crippen LogP) is 2.64. The Bertz CT molecular complexity index is 717. The summed E-state index contributed by atoms with van der Waals surface area (Å²) < 4.78 is 0. The second-order valence-corrected chi connectivity index (χ2v) is 3.56. The summed E-state index contributed by atoms with van der Waals surface area (Å²) in [6.07, 6.45) is 0. The Morgan fingerprint density at radius 1 is 1.00 bits per heavy atom. The van der Waals surface area contributed by atoms with Gasteiger partial charge in [0.25, 0.3) is 0 Å². The molecule has 0 aliphatic heterocycles. The fourth-order valence-electron chi connectivity index (χ4n) is 1.34. The maximum atomic E-state index is 8.93. The lowest BCUT2D eigenvalue weighted by molar-refractivity contribution is 1.44. The highest BCUT2D eigenvalue weighted by atomic mass is 14.3. The van der Waals surface area contributed by atoms with Crippen LogP contribution in [0.1, 0.15) is 11.1 Å². The number of hydrogen-bond donors (Lipinski definition) is 0. The molecule has 0 saturated heterocycles. The first-order valence-corrected chi connectivity index (χ1v) is 5.22. The molecule has 0 saturated carbocycles. The zero-order chi connectivity index (χ0) is 14.3. The SMILES string of the molecule is Cc1ccc(C(=C=C(C#N)C#N)C(=C=[N-])C#N)cc1. The summed E-state index contributed by atoms with van der Waals surface area (Å²) in [5.74, 6) is 1.74. The maximum absolute atomic E-state index is 8.93. The van der Waals surface area contributed by atoms with Crippen molar-refractivity contribution in [3.05, 3.63) is 57.7 Å². The van der Waals surface area contributed by atoms with E-state index in [0.717, 1.165) is 5.56 Å². The van der Waals surface area contributed by atoms with Crippen molar-refractivity contribution in [2.24, 2.45) is 0 Å². The van der Waals surface area contributed by atoms with Gasteiger partial charge in [-0.25, -0.2) is 5.87 Å². The molecule has 0 spiro atoms. The molecule has 0 aromatic heterocycles. The predicted molar refractivity (Wildman–Crippen MR) is 70.3 cm³/mol. The van der Waals surface area contributed by atoms with E-state index in [1.165, 1.54) is 0 Å². The lowest BCUT2D eigenvalue weighted by atomic mass is 9.98. The summed E-state index contributed by atoms with van der Waals surface area (Å²) in [6.45, 7) is 1.90. The van der Waals surface area contributed by atoms with E-state index < -0.39 is 0 Å². The van der Waals surface area contributed by atoms with Gasteiger partial charge in [0.15, 0.2) is 5.57 Å². The van der Waals surface area contributed by atoms with E-state index in [9.17, 15) is 0 Å². The Balaban J connectivity index is 3.66. The first kappa shape index (κ1) is 13.7. The minimum atomic E-state index is -0.279. The van der Waals surface area contributed by atoms with Gasteiger partial charge in [-0.3, -0.25) is 0 Å². The van der Waals surface area contributed by atoms with Gasteiger partial charge >= 0.3 is 0 Å². The van der Waals surface area contributed by atoms with Gasteiger partial charge in [0.1, 0.15) is 18.2 Å². The number of rotatable bonds is 2. The first-order valence-electron chi connectivity index (χ1n) is 5.22. The van der Waals surface area contributed by atoms with Gasteiger partial charge in [-0.2, -0.15) is 15.8 Å². The Kier molecular flexibility index (Phi) is 4.63. The molecule has 0 radical (unpaired) electrons. The highest BCUT2D eigenvalue weighted by molar-refractivity contribution is 5.93. The second kappa shape index (κ2) is 6.41. The quantitative estimate of drug-likeness (QED) is 0.346. The van der Waals surface area contributed by atoms with Crippen LogP contribution >= 0.6 is 0 Å². The first-order chi connectivity index (χ1) is 9.15. The number of hydrogen-bond acceptors (Lipinski definition) is 3. The molecule has 0 N–H and O–H groups in total. The highest BCUT2D eigenvalue weighted by Gasteiger charge is 2.06. The van der Waals surface area contributed by atoms with Crippen LogP contribution in [0.25, 0.3) is 11.0 Å². The smallest absolute Gasteiger partial charge is 0.172 e. The van der Waals surface area contributed by atoms with Crippen molar-refractivity contribution >= 4 is 11.4 Å². The molecule has 1 aromatic carbocycles. The zero-order valence-electron chi connectivity index (χ0n) is 10.1. The molecule has 1 rings (SSSR count). The largest absolute Gasteiger partial charge is 0.762 e. The molecule has 4 heteroatoms. The summed E-state index contributed by atoms with van der Waals surface area (Å²) in [6, 6.07) is 12.1. The molecule has 0 fully saturated rings. The van der Waals surface area contributed by atoms with E-state index >= 15 is 0 Å². The van der Waals surface area contributed by atoms with Gasteiger partial charge in [-0.15, -0.1) is 0 Å². The van der Waals surface area contributed by atoms with E-state index in [1.807, 2.05) is 19.1 Å². The van der Waals surface area contributed by atoms with E-state index in [2.05, 4.69) is 5.73 Å². The average Bonchev–Trinajstić information content (AvgIpc) is 2.45. The number of nitrogens with zero attached hydrogens (tertiary/aromatic N) is 4. The van der Waals surface area contributed by atoms with Crippen LogP contribution in [0.5, 0.6) is 0 Å². The van der Waals surface area contributed by atoms with Crippen LogP contribution in [-0.4, -0.2) is 5.87 Å². The van der Waals surface area contributed by atoms with Crippen molar-refractivity contribution in [1.29, 1.82) is 15.8 Å². The standard InChI is InChI=1S/C15H7N4/c1-11-2-4-13(5-3-11)15(14(9-18)10-19)6-12(7-16)8-17/h2-5H,1H3/q-1. The highest BCUT2D eigenvalue weighted by Crippen LogP contribution is 2.21. The number of benzene rings is 1. The molecule has 0 unspecified atom stereocenters. The molecule has 0 bridgehead atoms. The molecule has 88 valence electrons. The summed E-state index contributed by atoms with van der Waals surface area (Å²) in [5, 5.41) is 35.3. The third-order valence-electron chi connectivity index (χ3n) is 2.29. The third kappa shape index (κ3) is 3.31. The summed E-state index contributed by atoms with van der Waals surface area (Å²) >= 11 is 0. The average molecular weight is 243 g/mol. The van der Waals surface area contributed by atoms with Gasteiger partial charge in [-0.05, 0) is 12.5 Å². The van der Waals surface area contributed by atoms with Crippen molar-refractivity contribution in [3.8, 4) is 18.2 Å². The van der Waals surface area contributed by atoms with Crippen molar-refractivity contribution in [2.75, 3.05) is 0 Å². The van der Waals surface area contributed by atoms with Gasteiger partial charge in [0, 0.05) is 5.57 Å². The summed E-state index contributed by atoms with van der Waals surface area (Å²) in [5.41, 5.74) is 3.79. The van der Waals surface area contributed by atoms with E-state index in [1.54, 1.807) is 36.2 Å². The zero-order valence-corrected chi connectivity index (χ0v) is 10.1. The number of aryl methyl sites for hydroxylation is 1. The Morgan fingerprint density at radius 2 is 1.58 bits per heavy atom. The molecule has 0 atom stereocenters. The van der Waals surface area contributed by atoms with Gasteiger partial charge in [-0.1, -0.05) is 35.6 Å². The Morgan fingerprint density at radius 3 is 2.00 bits per heavy atom. The maximum Gasteiger partial charge on any atom is 0.172 e. The van der Waals surface area contributed by atoms with Crippen LogP contribution in [0.3, 0.4) is 0 Å². The third-order valence-corrected chi connectivity index (χ3v) is 2.29. The Labute approximate surface area is 111 Å². The monoisotopic (exact) mass is 243 g/mol. The van der Waals surface area contributed by atoms with Crippen LogP contribution in [0, 0.1) is 40.9 Å². The molecule has 0 aliphatic carbocycles. The number of nitriles is 3. The fraction of sp³-hybridized carbons (Fsp3) is 0.0667. The molecule has 1 aromatic rings. The van der Waals surface area contributed by atoms with E-state index in [-0.39, 0.29) is 16.7 Å². The van der Waals surface area contributed by atoms with Crippen LogP contribution < -0.4 is 0 Å². The van der Waals surface area contributed by atoms with Crippen LogP contribution in [0.2, 0.25) is 0 Å². The lowest BCUT2D eigenvalue weighted by Gasteiger charge is -2.03. The van der Waals surface area contributed by atoms with Crippen LogP contribution in [0.15, 0.2) is 41.1 Å². The van der Waals surface area contributed by atoms with Crippen LogP contribution in [0.4, 0.5) is 0 Å². The normalized spacial score (nSPS) is 7.89. The molecule has 4 nitrogen and oxygen atoms in total. The van der Waals surface area contributed by atoms with Crippen molar-refractivity contribution < 1.29 is 0 Å². The molecule has 0 amide bonds. The molecular weight excluding hydrogens is 236 g/mol. The molecule has 0 heterocycles. The lowest BCUT2D eigenvalue weighted by Crippen LogP contribution is -1.88. The summed E-state index contributed by atoms with van der Waals surface area (Å²) in [4.78, 5) is 0. The van der Waals surface area contributed by atoms with Crippen molar-refractivity contribution in [3.63, 3.8) is 0 Å². The summed E-state index contributed by atoms with van der Waals surface area (Å²) in [7, 11) is 0. The van der Waals surface area contributed by atoms with Crippen LogP contribution in [-0.2, 0) is 0 Å². The van der Waals surface area contributed by atoms with Gasteiger partial charge in [0.05, 0.1) is 5.57 Å². The van der Waals surface area contributed by atoms with Crippen molar-refractivity contribution in [2.45, 2.75) is 6.92 Å². The molecule has 0 aliphatic rings. The van der Waals surface area contributed by atoms with Crippen molar-refractivity contribution in [1.82, 2.24) is 0 Å². The van der Waals surface area contributed by atoms with Gasteiger partial charge in [0.2, 0.25) is 0 Å². The number of allylic oxidation sites excluding steroid dienone is 2. The topological polar surface area (TPSA) is 93.7 Å². The fourth-order valence-corrected chi connectivity index (χ4v) is 1.34. The minimum absolute atomic E-state index is 0.156. The minimum Gasteiger partial charge on any atom is -0.762 e. The van der Waals surface area contributed by atoms with E-state index in [4.69, 9.17) is 21.2 Å².